The second-order valence-electron chi connectivity index (χ2n) is 5.86. The van der Waals surface area contributed by atoms with Crippen molar-refractivity contribution < 1.29 is 9.53 Å². The van der Waals surface area contributed by atoms with Gasteiger partial charge < -0.3 is 10.1 Å². The summed E-state index contributed by atoms with van der Waals surface area (Å²) in [5, 5.41) is 2.95. The fourth-order valence-corrected chi connectivity index (χ4v) is 2.64. The summed E-state index contributed by atoms with van der Waals surface area (Å²) < 4.78 is 5.13. The van der Waals surface area contributed by atoms with Crippen LogP contribution in [0.25, 0.3) is 11.1 Å². The highest BCUT2D eigenvalue weighted by Crippen LogP contribution is 2.19. The molecule has 0 bridgehead atoms. The fraction of sp³-hybridized carbons (Fsp3) is 0.136. The van der Waals surface area contributed by atoms with Crippen LogP contribution in [0.2, 0.25) is 0 Å². The van der Waals surface area contributed by atoms with Crippen LogP contribution in [-0.4, -0.2) is 13.0 Å². The summed E-state index contributed by atoms with van der Waals surface area (Å²) in [7, 11) is 1.64. The molecule has 0 aliphatic heterocycles. The summed E-state index contributed by atoms with van der Waals surface area (Å²) in [5.41, 5.74) is 4.39. The third kappa shape index (κ3) is 4.70. The minimum atomic E-state index is 0.0169. The summed E-state index contributed by atoms with van der Waals surface area (Å²) in [5.74, 6) is 0.830. The molecule has 3 rings (SSSR count). The van der Waals surface area contributed by atoms with Gasteiger partial charge in [0, 0.05) is 6.54 Å². The highest BCUT2D eigenvalue weighted by Gasteiger charge is 2.04. The van der Waals surface area contributed by atoms with Gasteiger partial charge >= 0.3 is 0 Å². The van der Waals surface area contributed by atoms with E-state index < -0.39 is 0 Å². The third-order valence-corrected chi connectivity index (χ3v) is 4.07. The summed E-state index contributed by atoms with van der Waals surface area (Å²) in [6.07, 6.45) is 0.380. The standard InChI is InChI=1S/C22H21NO2/c1-25-21-13-9-18(10-14-21)16-23-22(24)15-17-7-11-20(12-8-17)19-5-3-2-4-6-19/h2-14H,15-16H2,1H3,(H,23,24). The van der Waals surface area contributed by atoms with Gasteiger partial charge in [-0.1, -0.05) is 66.7 Å². The highest BCUT2D eigenvalue weighted by atomic mass is 16.5. The van der Waals surface area contributed by atoms with Gasteiger partial charge in [0.25, 0.3) is 0 Å². The van der Waals surface area contributed by atoms with Crippen molar-refractivity contribution in [3.8, 4) is 16.9 Å². The second-order valence-corrected chi connectivity index (χ2v) is 5.86. The lowest BCUT2D eigenvalue weighted by atomic mass is 10.0. The normalized spacial score (nSPS) is 10.3. The molecule has 0 radical (unpaired) electrons. The summed E-state index contributed by atoms with van der Waals surface area (Å²) >= 11 is 0. The molecule has 0 unspecified atom stereocenters. The number of hydrogen-bond acceptors (Lipinski definition) is 2. The lowest BCUT2D eigenvalue weighted by Gasteiger charge is -2.07. The highest BCUT2D eigenvalue weighted by molar-refractivity contribution is 5.78. The molecule has 0 aliphatic rings. The van der Waals surface area contributed by atoms with Crippen LogP contribution in [0.4, 0.5) is 0 Å². The van der Waals surface area contributed by atoms with Crippen molar-refractivity contribution in [1.82, 2.24) is 5.32 Å². The molecule has 0 saturated heterocycles. The first-order chi connectivity index (χ1) is 12.2. The van der Waals surface area contributed by atoms with E-state index >= 15 is 0 Å². The summed E-state index contributed by atoms with van der Waals surface area (Å²) in [6.45, 7) is 0.519. The molecule has 0 atom stereocenters. The van der Waals surface area contributed by atoms with Crippen LogP contribution < -0.4 is 10.1 Å². The lowest BCUT2D eigenvalue weighted by Crippen LogP contribution is -2.24. The number of rotatable bonds is 6. The molecular formula is C22H21NO2. The minimum Gasteiger partial charge on any atom is -0.497 e. The number of methoxy groups -OCH3 is 1. The Hall–Kier alpha value is -3.07. The number of carbonyl (C=O) groups excluding carboxylic acids is 1. The quantitative estimate of drug-likeness (QED) is 0.734. The average Bonchev–Trinajstić information content (AvgIpc) is 2.68. The molecule has 0 aromatic heterocycles. The van der Waals surface area contributed by atoms with Crippen molar-refractivity contribution in [2.24, 2.45) is 0 Å². The number of hydrogen-bond donors (Lipinski definition) is 1. The molecule has 126 valence electrons. The zero-order valence-corrected chi connectivity index (χ0v) is 14.2. The maximum atomic E-state index is 12.1. The maximum Gasteiger partial charge on any atom is 0.224 e. The van der Waals surface area contributed by atoms with E-state index in [0.29, 0.717) is 13.0 Å². The van der Waals surface area contributed by atoms with Crippen LogP contribution >= 0.6 is 0 Å². The van der Waals surface area contributed by atoms with Crippen LogP contribution in [0.5, 0.6) is 5.75 Å². The maximum absolute atomic E-state index is 12.1. The van der Waals surface area contributed by atoms with Crippen molar-refractivity contribution in [1.29, 1.82) is 0 Å². The molecule has 0 heterocycles. The van der Waals surface area contributed by atoms with E-state index in [-0.39, 0.29) is 5.91 Å². The topological polar surface area (TPSA) is 38.3 Å². The summed E-state index contributed by atoms with van der Waals surface area (Å²) in [4.78, 5) is 12.1. The number of amides is 1. The van der Waals surface area contributed by atoms with Crippen molar-refractivity contribution in [3.05, 3.63) is 90.0 Å². The Kier molecular flexibility index (Phi) is 5.47. The molecule has 0 spiro atoms. The van der Waals surface area contributed by atoms with Crippen LogP contribution in [0.15, 0.2) is 78.9 Å². The van der Waals surface area contributed by atoms with E-state index in [4.69, 9.17) is 4.74 Å². The molecule has 3 nitrogen and oxygen atoms in total. The SMILES string of the molecule is COc1ccc(CNC(=O)Cc2ccc(-c3ccccc3)cc2)cc1. The van der Waals surface area contributed by atoms with Crippen molar-refractivity contribution >= 4 is 5.91 Å². The van der Waals surface area contributed by atoms with E-state index in [0.717, 1.165) is 22.4 Å². The molecule has 25 heavy (non-hydrogen) atoms. The van der Waals surface area contributed by atoms with Gasteiger partial charge in [0.2, 0.25) is 5.91 Å². The van der Waals surface area contributed by atoms with Gasteiger partial charge in [-0.3, -0.25) is 4.79 Å². The van der Waals surface area contributed by atoms with Gasteiger partial charge in [-0.25, -0.2) is 0 Å². The van der Waals surface area contributed by atoms with Crippen LogP contribution in [-0.2, 0) is 17.8 Å². The Bertz CT molecular complexity index is 809. The van der Waals surface area contributed by atoms with E-state index in [1.54, 1.807) is 7.11 Å². The molecule has 1 amide bonds. The van der Waals surface area contributed by atoms with E-state index in [1.165, 1.54) is 5.56 Å². The Labute approximate surface area is 148 Å². The average molecular weight is 331 g/mol. The van der Waals surface area contributed by atoms with Gasteiger partial charge in [-0.2, -0.15) is 0 Å². The Morgan fingerprint density at radius 1 is 0.800 bits per heavy atom. The van der Waals surface area contributed by atoms with Gasteiger partial charge in [0.15, 0.2) is 0 Å². The lowest BCUT2D eigenvalue weighted by molar-refractivity contribution is -0.120. The summed E-state index contributed by atoms with van der Waals surface area (Å²) in [6, 6.07) is 26.0. The van der Waals surface area contributed by atoms with Gasteiger partial charge in [0.05, 0.1) is 13.5 Å². The molecule has 0 saturated carbocycles. The van der Waals surface area contributed by atoms with E-state index in [2.05, 4.69) is 29.6 Å². The predicted octanol–water partition coefficient (Wildman–Crippen LogP) is 4.22. The van der Waals surface area contributed by atoms with Gasteiger partial charge in [-0.15, -0.1) is 0 Å². The first kappa shape index (κ1) is 16.8. The van der Waals surface area contributed by atoms with Crippen molar-refractivity contribution in [2.75, 3.05) is 7.11 Å². The van der Waals surface area contributed by atoms with Gasteiger partial charge in [0.1, 0.15) is 5.75 Å². The molecule has 3 aromatic rings. The first-order valence-corrected chi connectivity index (χ1v) is 8.28. The van der Waals surface area contributed by atoms with Crippen molar-refractivity contribution in [2.45, 2.75) is 13.0 Å². The number of nitrogens with one attached hydrogen (secondary N) is 1. The molecule has 3 heteroatoms. The van der Waals surface area contributed by atoms with Crippen molar-refractivity contribution in [3.63, 3.8) is 0 Å². The molecular weight excluding hydrogens is 310 g/mol. The Balaban J connectivity index is 1.54. The smallest absolute Gasteiger partial charge is 0.224 e. The molecule has 0 aliphatic carbocycles. The second kappa shape index (κ2) is 8.15. The molecule has 1 N–H and O–H groups in total. The number of carbonyl (C=O) groups is 1. The molecule has 3 aromatic carbocycles. The Morgan fingerprint density at radius 2 is 1.40 bits per heavy atom. The fourth-order valence-electron chi connectivity index (χ4n) is 2.64. The number of ether oxygens (including phenoxy) is 1. The van der Waals surface area contributed by atoms with Crippen LogP contribution in [0.3, 0.4) is 0 Å². The predicted molar refractivity (Wildman–Crippen MR) is 100 cm³/mol. The third-order valence-electron chi connectivity index (χ3n) is 4.07. The van der Waals surface area contributed by atoms with Gasteiger partial charge in [-0.05, 0) is 34.4 Å². The molecule has 0 fully saturated rings. The van der Waals surface area contributed by atoms with E-state index in [1.807, 2.05) is 54.6 Å². The van der Waals surface area contributed by atoms with Crippen LogP contribution in [0, 0.1) is 0 Å². The monoisotopic (exact) mass is 331 g/mol. The number of benzene rings is 3. The zero-order valence-electron chi connectivity index (χ0n) is 14.2. The minimum absolute atomic E-state index is 0.0169. The first-order valence-electron chi connectivity index (χ1n) is 8.28. The Morgan fingerprint density at radius 3 is 2.04 bits per heavy atom. The zero-order chi connectivity index (χ0) is 17.5. The van der Waals surface area contributed by atoms with E-state index in [9.17, 15) is 4.79 Å². The largest absolute Gasteiger partial charge is 0.497 e. The van der Waals surface area contributed by atoms with Crippen LogP contribution in [0.1, 0.15) is 11.1 Å².